The summed E-state index contributed by atoms with van der Waals surface area (Å²) in [4.78, 5) is 10.2. The number of hydrogen-bond donors (Lipinski definition) is 3. The third kappa shape index (κ3) is 4.72. The number of aromatic nitrogens is 4. The van der Waals surface area contributed by atoms with Crippen LogP contribution in [-0.2, 0) is 11.2 Å². The van der Waals surface area contributed by atoms with Crippen LogP contribution in [0.5, 0.6) is 0 Å². The normalized spacial score (nSPS) is 15.1. The fourth-order valence-electron chi connectivity index (χ4n) is 3.28. The van der Waals surface area contributed by atoms with Gasteiger partial charge in [-0.1, -0.05) is 18.2 Å². The van der Waals surface area contributed by atoms with Gasteiger partial charge in [-0.15, -0.1) is 5.10 Å². The number of fused-ring (bicyclic) bond motifs is 1. The Morgan fingerprint density at radius 2 is 2.00 bits per heavy atom. The zero-order valence-corrected chi connectivity index (χ0v) is 15.3. The molecule has 3 N–H and O–H groups in total. The summed E-state index contributed by atoms with van der Waals surface area (Å²) in [6.45, 7) is 6.12. The molecule has 0 unspecified atom stereocenters. The molecule has 8 heteroatoms. The van der Waals surface area contributed by atoms with Gasteiger partial charge in [0.1, 0.15) is 0 Å². The van der Waals surface area contributed by atoms with Gasteiger partial charge in [-0.05, 0) is 18.1 Å². The molecule has 1 aliphatic rings. The van der Waals surface area contributed by atoms with Crippen molar-refractivity contribution in [3.8, 4) is 0 Å². The molecule has 0 saturated carbocycles. The van der Waals surface area contributed by atoms with Crippen LogP contribution < -0.4 is 10.6 Å². The van der Waals surface area contributed by atoms with E-state index < -0.39 is 0 Å². The van der Waals surface area contributed by atoms with E-state index in [4.69, 9.17) is 4.74 Å². The van der Waals surface area contributed by atoms with E-state index in [-0.39, 0.29) is 0 Å². The van der Waals surface area contributed by atoms with Crippen LogP contribution in [0.1, 0.15) is 5.56 Å². The van der Waals surface area contributed by atoms with Crippen molar-refractivity contribution < 1.29 is 4.74 Å². The average Bonchev–Trinajstić information content (AvgIpc) is 3.13. The number of nitrogens with one attached hydrogen (secondary N) is 3. The molecule has 1 saturated heterocycles. The van der Waals surface area contributed by atoms with Gasteiger partial charge >= 0.3 is 0 Å². The molecule has 1 aromatic carbocycles. The van der Waals surface area contributed by atoms with Gasteiger partial charge in [-0.2, -0.15) is 10.1 Å². The van der Waals surface area contributed by atoms with Gasteiger partial charge in [-0.3, -0.25) is 4.90 Å². The summed E-state index contributed by atoms with van der Waals surface area (Å²) in [5.41, 5.74) is 2.46. The minimum Gasteiger partial charge on any atom is -0.379 e. The number of H-pyrrole nitrogens is 1. The number of anilines is 2. The van der Waals surface area contributed by atoms with E-state index in [1.807, 2.05) is 6.07 Å². The highest BCUT2D eigenvalue weighted by molar-refractivity contribution is 5.83. The molecule has 0 atom stereocenters. The number of rotatable bonds is 8. The lowest BCUT2D eigenvalue weighted by atomic mass is 10.1. The second-order valence-corrected chi connectivity index (χ2v) is 6.58. The first-order chi connectivity index (χ1) is 13.4. The number of nitrogens with zero attached hydrogens (tertiary/aromatic N) is 4. The third-order valence-electron chi connectivity index (χ3n) is 4.75. The van der Waals surface area contributed by atoms with Crippen molar-refractivity contribution in [1.29, 1.82) is 0 Å². The third-order valence-corrected chi connectivity index (χ3v) is 4.75. The van der Waals surface area contributed by atoms with E-state index in [1.165, 1.54) is 16.5 Å². The number of morpholine rings is 1. The van der Waals surface area contributed by atoms with E-state index >= 15 is 0 Å². The maximum Gasteiger partial charge on any atom is 0.244 e. The maximum absolute atomic E-state index is 5.36. The Bertz CT molecular complexity index is 860. The molecule has 0 aliphatic carbocycles. The Kier molecular flexibility index (Phi) is 5.76. The SMILES string of the molecule is c1ccc2c(CCNc3cnnc(NCCN4CCOCC4)n3)c[nH]c2c1. The molecule has 3 heterocycles. The summed E-state index contributed by atoms with van der Waals surface area (Å²) in [6, 6.07) is 8.34. The van der Waals surface area contributed by atoms with E-state index in [2.05, 4.69) is 60.1 Å². The van der Waals surface area contributed by atoms with Crippen LogP contribution in [0.15, 0.2) is 36.7 Å². The van der Waals surface area contributed by atoms with E-state index in [0.717, 1.165) is 58.2 Å². The molecule has 3 aromatic rings. The lowest BCUT2D eigenvalue weighted by Crippen LogP contribution is -2.39. The van der Waals surface area contributed by atoms with Crippen molar-refractivity contribution >= 4 is 22.7 Å². The molecule has 0 bridgehead atoms. The Morgan fingerprint density at radius 1 is 1.11 bits per heavy atom. The lowest BCUT2D eigenvalue weighted by molar-refractivity contribution is 0.0398. The second kappa shape index (κ2) is 8.79. The Labute approximate surface area is 158 Å². The van der Waals surface area contributed by atoms with Crippen molar-refractivity contribution in [3.63, 3.8) is 0 Å². The van der Waals surface area contributed by atoms with Crippen LogP contribution >= 0.6 is 0 Å². The number of hydrogen-bond acceptors (Lipinski definition) is 7. The van der Waals surface area contributed by atoms with E-state index in [1.54, 1.807) is 6.20 Å². The molecule has 0 radical (unpaired) electrons. The molecule has 4 rings (SSSR count). The van der Waals surface area contributed by atoms with Gasteiger partial charge in [0.15, 0.2) is 5.82 Å². The first kappa shape index (κ1) is 17.7. The van der Waals surface area contributed by atoms with Gasteiger partial charge in [0.25, 0.3) is 0 Å². The highest BCUT2D eigenvalue weighted by Gasteiger charge is 2.10. The molecule has 8 nitrogen and oxygen atoms in total. The molecule has 142 valence electrons. The first-order valence-electron chi connectivity index (χ1n) is 9.41. The second-order valence-electron chi connectivity index (χ2n) is 6.58. The predicted molar refractivity (Wildman–Crippen MR) is 106 cm³/mol. The van der Waals surface area contributed by atoms with Crippen LogP contribution in [0.4, 0.5) is 11.8 Å². The zero-order valence-electron chi connectivity index (χ0n) is 15.3. The Balaban J connectivity index is 1.25. The summed E-state index contributed by atoms with van der Waals surface area (Å²) in [6.07, 6.45) is 4.64. The van der Waals surface area contributed by atoms with Gasteiger partial charge in [-0.25, -0.2) is 0 Å². The quantitative estimate of drug-likeness (QED) is 0.559. The lowest BCUT2D eigenvalue weighted by Gasteiger charge is -2.26. The molecule has 1 aliphatic heterocycles. The zero-order chi connectivity index (χ0) is 18.3. The smallest absolute Gasteiger partial charge is 0.244 e. The number of para-hydroxylation sites is 1. The molecule has 0 spiro atoms. The summed E-state index contributed by atoms with van der Waals surface area (Å²) in [5.74, 6) is 1.29. The first-order valence-corrected chi connectivity index (χ1v) is 9.41. The number of aromatic amines is 1. The van der Waals surface area contributed by atoms with Gasteiger partial charge in [0.2, 0.25) is 5.95 Å². The monoisotopic (exact) mass is 367 g/mol. The number of benzene rings is 1. The Hall–Kier alpha value is -2.71. The highest BCUT2D eigenvalue weighted by Crippen LogP contribution is 2.18. The number of ether oxygens (including phenoxy) is 1. The standard InChI is InChI=1S/C19H25N7O/c1-2-4-17-16(3-1)15(13-22-17)5-6-20-18-14-23-25-19(24-18)21-7-8-26-9-11-27-12-10-26/h1-4,13-14,22H,5-12H2,(H2,20,21,24,25). The molecule has 0 amide bonds. The van der Waals surface area contributed by atoms with Gasteiger partial charge < -0.3 is 20.4 Å². The van der Waals surface area contributed by atoms with Crippen molar-refractivity contribution in [1.82, 2.24) is 25.1 Å². The minimum absolute atomic E-state index is 0.556. The molecule has 2 aromatic heterocycles. The van der Waals surface area contributed by atoms with Crippen LogP contribution in [0.2, 0.25) is 0 Å². The van der Waals surface area contributed by atoms with Crippen LogP contribution in [0, 0.1) is 0 Å². The molecule has 1 fully saturated rings. The van der Waals surface area contributed by atoms with Crippen molar-refractivity contribution in [2.45, 2.75) is 6.42 Å². The fourth-order valence-corrected chi connectivity index (χ4v) is 3.28. The largest absolute Gasteiger partial charge is 0.379 e. The van der Waals surface area contributed by atoms with Crippen LogP contribution in [0.3, 0.4) is 0 Å². The minimum atomic E-state index is 0.556. The van der Waals surface area contributed by atoms with E-state index in [9.17, 15) is 0 Å². The van der Waals surface area contributed by atoms with Gasteiger partial charge in [0, 0.05) is 49.8 Å². The molecular formula is C19H25N7O. The highest BCUT2D eigenvalue weighted by atomic mass is 16.5. The van der Waals surface area contributed by atoms with Crippen LogP contribution in [-0.4, -0.2) is 71.0 Å². The van der Waals surface area contributed by atoms with Crippen LogP contribution in [0.25, 0.3) is 10.9 Å². The topological polar surface area (TPSA) is 91.0 Å². The molecule has 27 heavy (non-hydrogen) atoms. The van der Waals surface area contributed by atoms with E-state index in [0.29, 0.717) is 5.95 Å². The van der Waals surface area contributed by atoms with Crippen molar-refractivity contribution in [2.24, 2.45) is 0 Å². The summed E-state index contributed by atoms with van der Waals surface area (Å²) < 4.78 is 5.36. The molecular weight excluding hydrogens is 342 g/mol. The summed E-state index contributed by atoms with van der Waals surface area (Å²) in [7, 11) is 0. The summed E-state index contributed by atoms with van der Waals surface area (Å²) in [5, 5.41) is 15.9. The van der Waals surface area contributed by atoms with Crippen molar-refractivity contribution in [2.75, 3.05) is 56.6 Å². The van der Waals surface area contributed by atoms with Gasteiger partial charge in [0.05, 0.1) is 19.4 Å². The van der Waals surface area contributed by atoms with Crippen molar-refractivity contribution in [3.05, 3.63) is 42.2 Å². The summed E-state index contributed by atoms with van der Waals surface area (Å²) >= 11 is 0. The predicted octanol–water partition coefficient (Wildman–Crippen LogP) is 1.75. The average molecular weight is 367 g/mol. The maximum atomic E-state index is 5.36. The Morgan fingerprint density at radius 3 is 2.93 bits per heavy atom. The fraction of sp³-hybridized carbons (Fsp3) is 0.421.